The number of aryl methyl sites for hydroxylation is 2. The van der Waals surface area contributed by atoms with Gasteiger partial charge in [-0.2, -0.15) is 5.10 Å². The molecule has 0 spiro atoms. The maximum Gasteiger partial charge on any atom is 0.153 e. The Morgan fingerprint density at radius 3 is 2.48 bits per heavy atom. The molecule has 2 aromatic carbocycles. The van der Waals surface area contributed by atoms with E-state index in [0.29, 0.717) is 5.82 Å². The Morgan fingerprint density at radius 1 is 1.05 bits per heavy atom. The average Bonchev–Trinajstić information content (AvgIpc) is 2.85. The van der Waals surface area contributed by atoms with E-state index in [9.17, 15) is 0 Å². The number of anilines is 1. The molecule has 3 N–H and O–H groups in total. The van der Waals surface area contributed by atoms with Gasteiger partial charge in [-0.3, -0.25) is 5.10 Å². The lowest BCUT2D eigenvalue weighted by molar-refractivity contribution is 1.10. The molecule has 0 saturated heterocycles. The minimum atomic E-state index is 0.533. The molecule has 0 aliphatic rings. The Hall–Kier alpha value is -1.82. The Balaban J connectivity index is 2.22. The van der Waals surface area contributed by atoms with Crippen molar-refractivity contribution < 1.29 is 0 Å². The van der Waals surface area contributed by atoms with Crippen molar-refractivity contribution in [3.8, 4) is 22.4 Å². The first-order valence-electron chi connectivity index (χ1n) is 6.74. The van der Waals surface area contributed by atoms with Crippen molar-refractivity contribution in [3.63, 3.8) is 0 Å². The maximum atomic E-state index is 6.09. The predicted molar refractivity (Wildman–Crippen MR) is 96.1 cm³/mol. The first-order valence-corrected chi connectivity index (χ1v) is 7.82. The van der Waals surface area contributed by atoms with Gasteiger partial charge in [0.05, 0.1) is 11.3 Å². The normalized spacial score (nSPS) is 10.8. The summed E-state index contributed by atoms with van der Waals surface area (Å²) in [5, 5.41) is 7.30. The Morgan fingerprint density at radius 2 is 1.76 bits per heavy atom. The first kappa shape index (κ1) is 14.1. The molecule has 106 valence electrons. The molecule has 1 aromatic heterocycles. The number of aromatic nitrogens is 2. The molecule has 21 heavy (non-hydrogen) atoms. The molecule has 3 nitrogen and oxygen atoms in total. The lowest BCUT2D eigenvalue weighted by atomic mass is 9.99. The van der Waals surface area contributed by atoms with Gasteiger partial charge in [-0.15, -0.1) is 0 Å². The molecule has 3 rings (SSSR count). The molecule has 0 saturated carbocycles. The van der Waals surface area contributed by atoms with Gasteiger partial charge < -0.3 is 5.73 Å². The summed E-state index contributed by atoms with van der Waals surface area (Å²) in [5.74, 6) is 0.533. The third-order valence-electron chi connectivity index (χ3n) is 3.60. The monoisotopic (exact) mass is 389 g/mol. The van der Waals surface area contributed by atoms with Crippen molar-refractivity contribution in [2.24, 2.45) is 0 Å². The van der Waals surface area contributed by atoms with Gasteiger partial charge in [0.1, 0.15) is 0 Å². The molecular weight excluding hydrogens is 373 g/mol. The number of benzene rings is 2. The highest BCUT2D eigenvalue weighted by Gasteiger charge is 2.17. The molecule has 0 amide bonds. The van der Waals surface area contributed by atoms with Crippen LogP contribution in [0.1, 0.15) is 11.1 Å². The van der Waals surface area contributed by atoms with E-state index < -0.39 is 0 Å². The minimum absolute atomic E-state index is 0.533. The van der Waals surface area contributed by atoms with Crippen molar-refractivity contribution in [2.75, 3.05) is 5.73 Å². The molecule has 4 heteroatoms. The second-order valence-corrected chi connectivity index (χ2v) is 6.24. The quantitative estimate of drug-likeness (QED) is 0.632. The molecule has 0 unspecified atom stereocenters. The van der Waals surface area contributed by atoms with Crippen molar-refractivity contribution >= 4 is 28.4 Å². The van der Waals surface area contributed by atoms with E-state index in [1.165, 1.54) is 14.7 Å². The van der Waals surface area contributed by atoms with Crippen LogP contribution in [0.3, 0.4) is 0 Å². The number of nitrogen functional groups attached to an aromatic ring is 1. The number of nitrogens with one attached hydrogen (secondary N) is 1. The Kier molecular flexibility index (Phi) is 3.71. The van der Waals surface area contributed by atoms with E-state index in [1.54, 1.807) is 0 Å². The lowest BCUT2D eigenvalue weighted by Crippen LogP contribution is -1.91. The Bertz CT molecular complexity index is 788. The summed E-state index contributed by atoms with van der Waals surface area (Å²) in [6, 6.07) is 14.6. The minimum Gasteiger partial charge on any atom is -0.382 e. The molecule has 1 heterocycles. The number of hydrogen-bond acceptors (Lipinski definition) is 2. The highest BCUT2D eigenvalue weighted by Crippen LogP contribution is 2.37. The Labute approximate surface area is 137 Å². The van der Waals surface area contributed by atoms with Crippen LogP contribution in [0.2, 0.25) is 0 Å². The van der Waals surface area contributed by atoms with Gasteiger partial charge >= 0.3 is 0 Å². The number of nitrogens with two attached hydrogens (primary N) is 1. The summed E-state index contributed by atoms with van der Waals surface area (Å²) in [4.78, 5) is 0. The largest absolute Gasteiger partial charge is 0.382 e. The van der Waals surface area contributed by atoms with Gasteiger partial charge in [0.25, 0.3) is 0 Å². The van der Waals surface area contributed by atoms with Crippen molar-refractivity contribution in [2.45, 2.75) is 13.8 Å². The van der Waals surface area contributed by atoms with Crippen LogP contribution < -0.4 is 5.73 Å². The molecule has 0 aliphatic carbocycles. The van der Waals surface area contributed by atoms with Gasteiger partial charge in [0, 0.05) is 9.13 Å². The van der Waals surface area contributed by atoms with E-state index in [0.717, 1.165) is 22.4 Å². The number of nitrogens with zero attached hydrogens (tertiary/aromatic N) is 1. The summed E-state index contributed by atoms with van der Waals surface area (Å²) in [5.41, 5.74) is 12.7. The van der Waals surface area contributed by atoms with E-state index >= 15 is 0 Å². The SMILES string of the molecule is Cc1ccc(-c2c(N)n[nH]c2-c2cccc(C)c2I)cc1. The third kappa shape index (κ3) is 2.55. The number of H-pyrrole nitrogens is 1. The van der Waals surface area contributed by atoms with Crippen LogP contribution in [0, 0.1) is 17.4 Å². The van der Waals surface area contributed by atoms with Crippen molar-refractivity contribution in [3.05, 3.63) is 57.2 Å². The van der Waals surface area contributed by atoms with Gasteiger partial charge in [-0.25, -0.2) is 0 Å². The standard InChI is InChI=1S/C17H16IN3/c1-10-6-8-12(9-7-10)14-16(20-21-17(14)19)13-5-3-4-11(2)15(13)18/h3-9H,1-2H3,(H3,19,20,21). The maximum absolute atomic E-state index is 6.09. The molecular formula is C17H16IN3. The van der Waals surface area contributed by atoms with Crippen LogP contribution in [-0.4, -0.2) is 10.2 Å². The molecule has 0 atom stereocenters. The predicted octanol–water partition coefficient (Wildman–Crippen LogP) is 4.55. The van der Waals surface area contributed by atoms with E-state index in [-0.39, 0.29) is 0 Å². The summed E-state index contributed by atoms with van der Waals surface area (Å²) in [7, 11) is 0. The zero-order valence-corrected chi connectivity index (χ0v) is 14.1. The van der Waals surface area contributed by atoms with Crippen LogP contribution in [0.5, 0.6) is 0 Å². The first-order chi connectivity index (χ1) is 10.1. The second kappa shape index (κ2) is 5.52. The zero-order valence-electron chi connectivity index (χ0n) is 11.9. The molecule has 0 aliphatic heterocycles. The summed E-state index contributed by atoms with van der Waals surface area (Å²) in [6.07, 6.45) is 0. The summed E-state index contributed by atoms with van der Waals surface area (Å²) < 4.78 is 1.21. The second-order valence-electron chi connectivity index (χ2n) is 5.16. The molecule has 0 fully saturated rings. The smallest absolute Gasteiger partial charge is 0.153 e. The topological polar surface area (TPSA) is 54.7 Å². The number of aromatic amines is 1. The fourth-order valence-electron chi connectivity index (χ4n) is 2.40. The number of halogens is 1. The number of rotatable bonds is 2. The van der Waals surface area contributed by atoms with E-state index in [2.05, 4.69) is 89.1 Å². The fraction of sp³-hybridized carbons (Fsp3) is 0.118. The van der Waals surface area contributed by atoms with Crippen LogP contribution in [-0.2, 0) is 0 Å². The lowest BCUT2D eigenvalue weighted by Gasteiger charge is -2.09. The van der Waals surface area contributed by atoms with Crippen molar-refractivity contribution in [1.29, 1.82) is 0 Å². The molecule has 0 bridgehead atoms. The van der Waals surface area contributed by atoms with Crippen LogP contribution in [0.15, 0.2) is 42.5 Å². The number of hydrogen-bond donors (Lipinski definition) is 2. The van der Waals surface area contributed by atoms with Crippen molar-refractivity contribution in [1.82, 2.24) is 10.2 Å². The van der Waals surface area contributed by atoms with E-state index in [4.69, 9.17) is 5.73 Å². The van der Waals surface area contributed by atoms with Crippen LogP contribution in [0.4, 0.5) is 5.82 Å². The zero-order chi connectivity index (χ0) is 15.0. The fourth-order valence-corrected chi connectivity index (χ4v) is 3.03. The molecule has 0 radical (unpaired) electrons. The highest BCUT2D eigenvalue weighted by molar-refractivity contribution is 14.1. The molecule has 3 aromatic rings. The van der Waals surface area contributed by atoms with Gasteiger partial charge in [-0.1, -0.05) is 48.0 Å². The van der Waals surface area contributed by atoms with Gasteiger partial charge in [0.2, 0.25) is 0 Å². The average molecular weight is 389 g/mol. The highest BCUT2D eigenvalue weighted by atomic mass is 127. The van der Waals surface area contributed by atoms with Gasteiger partial charge in [-0.05, 0) is 47.6 Å². The third-order valence-corrected chi connectivity index (χ3v) is 5.03. The van der Waals surface area contributed by atoms with Crippen LogP contribution in [0.25, 0.3) is 22.4 Å². The van der Waals surface area contributed by atoms with E-state index in [1.807, 2.05) is 0 Å². The summed E-state index contributed by atoms with van der Waals surface area (Å²) >= 11 is 2.37. The van der Waals surface area contributed by atoms with Crippen LogP contribution >= 0.6 is 22.6 Å². The van der Waals surface area contributed by atoms with Gasteiger partial charge in [0.15, 0.2) is 5.82 Å². The summed E-state index contributed by atoms with van der Waals surface area (Å²) in [6.45, 7) is 4.18.